The molecular weight excluding hydrogens is 258 g/mol. The summed E-state index contributed by atoms with van der Waals surface area (Å²) < 4.78 is 4.92. The van der Waals surface area contributed by atoms with Crippen LogP contribution in [-0.2, 0) is 4.84 Å². The van der Waals surface area contributed by atoms with Crippen LogP contribution in [0.2, 0.25) is 0 Å². The Morgan fingerprint density at radius 2 is 1.95 bits per heavy atom. The Hall–Kier alpha value is -2.82. The van der Waals surface area contributed by atoms with Crippen LogP contribution in [-0.4, -0.2) is 24.4 Å². The van der Waals surface area contributed by atoms with Crippen molar-refractivity contribution in [3.05, 3.63) is 59.7 Å². The number of rotatable bonds is 4. The van der Waals surface area contributed by atoms with Crippen LogP contribution in [0, 0.1) is 0 Å². The molecule has 0 fully saturated rings. The minimum Gasteiger partial charge on any atom is -0.504 e. The second-order valence-corrected chi connectivity index (χ2v) is 3.91. The fraction of sp³-hybridized carbons (Fsp3) is 0.0667. The van der Waals surface area contributed by atoms with Crippen molar-refractivity contribution in [3.63, 3.8) is 0 Å². The fourth-order valence-electron chi connectivity index (χ4n) is 1.55. The number of ether oxygens (including phenoxy) is 1. The minimum absolute atomic E-state index is 0.00849. The number of methoxy groups -OCH3 is 1. The molecule has 0 saturated carbocycles. The van der Waals surface area contributed by atoms with Gasteiger partial charge in [-0.1, -0.05) is 23.4 Å². The number of carbonyl (C=O) groups excluding carboxylic acids is 1. The summed E-state index contributed by atoms with van der Waals surface area (Å²) in [5.74, 6) is -0.186. The molecule has 1 N–H and O–H groups in total. The first-order valence-electron chi connectivity index (χ1n) is 5.87. The molecule has 0 aliphatic carbocycles. The first-order valence-corrected chi connectivity index (χ1v) is 5.87. The van der Waals surface area contributed by atoms with E-state index in [-0.39, 0.29) is 5.75 Å². The largest absolute Gasteiger partial charge is 0.504 e. The molecule has 0 aliphatic heterocycles. The Morgan fingerprint density at radius 1 is 1.20 bits per heavy atom. The number of benzene rings is 2. The topological polar surface area (TPSA) is 68.1 Å². The normalized spacial score (nSPS) is 10.4. The van der Waals surface area contributed by atoms with Crippen LogP contribution >= 0.6 is 0 Å². The van der Waals surface area contributed by atoms with Gasteiger partial charge in [-0.2, -0.15) is 0 Å². The van der Waals surface area contributed by atoms with Gasteiger partial charge >= 0.3 is 5.97 Å². The molecule has 0 aromatic heterocycles. The Balaban J connectivity index is 2.00. The molecule has 102 valence electrons. The lowest BCUT2D eigenvalue weighted by atomic mass is 10.2. The van der Waals surface area contributed by atoms with Crippen molar-refractivity contribution in [1.82, 2.24) is 0 Å². The summed E-state index contributed by atoms with van der Waals surface area (Å²) >= 11 is 0. The lowest BCUT2D eigenvalue weighted by Gasteiger charge is -2.02. The predicted octanol–water partition coefficient (Wildman–Crippen LogP) is 2.59. The van der Waals surface area contributed by atoms with E-state index in [0.717, 1.165) is 0 Å². The first-order chi connectivity index (χ1) is 9.70. The zero-order valence-corrected chi connectivity index (χ0v) is 10.8. The highest BCUT2D eigenvalue weighted by Crippen LogP contribution is 2.25. The first kappa shape index (κ1) is 13.6. The van der Waals surface area contributed by atoms with E-state index < -0.39 is 5.97 Å². The summed E-state index contributed by atoms with van der Waals surface area (Å²) in [6.07, 6.45) is 1.33. The Kier molecular flexibility index (Phi) is 4.34. The van der Waals surface area contributed by atoms with E-state index in [0.29, 0.717) is 16.9 Å². The summed E-state index contributed by atoms with van der Waals surface area (Å²) in [7, 11) is 1.46. The van der Waals surface area contributed by atoms with Crippen LogP contribution in [0.4, 0.5) is 0 Å². The Labute approximate surface area is 116 Å². The maximum absolute atomic E-state index is 11.6. The van der Waals surface area contributed by atoms with Crippen LogP contribution in [0.1, 0.15) is 15.9 Å². The highest BCUT2D eigenvalue weighted by Gasteiger charge is 2.05. The van der Waals surface area contributed by atoms with E-state index in [1.165, 1.54) is 19.4 Å². The van der Waals surface area contributed by atoms with Gasteiger partial charge < -0.3 is 14.7 Å². The second kappa shape index (κ2) is 6.38. The molecule has 2 rings (SSSR count). The van der Waals surface area contributed by atoms with Crippen molar-refractivity contribution in [2.75, 3.05) is 7.11 Å². The van der Waals surface area contributed by atoms with E-state index in [4.69, 9.17) is 9.57 Å². The molecule has 5 heteroatoms. The zero-order chi connectivity index (χ0) is 14.4. The minimum atomic E-state index is -0.542. The molecule has 0 unspecified atom stereocenters. The van der Waals surface area contributed by atoms with Gasteiger partial charge in [0.1, 0.15) is 0 Å². The number of hydrogen-bond donors (Lipinski definition) is 1. The molecular formula is C15H13NO4. The van der Waals surface area contributed by atoms with Crippen LogP contribution in [0.15, 0.2) is 53.7 Å². The quantitative estimate of drug-likeness (QED) is 0.527. The average molecular weight is 271 g/mol. The maximum atomic E-state index is 11.6. The van der Waals surface area contributed by atoms with Gasteiger partial charge in [0.25, 0.3) is 0 Å². The molecule has 0 heterocycles. The highest BCUT2D eigenvalue weighted by molar-refractivity contribution is 5.90. The highest BCUT2D eigenvalue weighted by atomic mass is 16.7. The van der Waals surface area contributed by atoms with Gasteiger partial charge in [0.05, 0.1) is 18.9 Å². The summed E-state index contributed by atoms with van der Waals surface area (Å²) in [6.45, 7) is 0. The third-order valence-electron chi connectivity index (χ3n) is 2.55. The summed E-state index contributed by atoms with van der Waals surface area (Å²) in [5.41, 5.74) is 1.01. The van der Waals surface area contributed by atoms with Gasteiger partial charge in [-0.05, 0) is 30.3 Å². The van der Waals surface area contributed by atoms with E-state index in [9.17, 15) is 9.90 Å². The van der Waals surface area contributed by atoms with E-state index in [1.54, 1.807) is 42.5 Å². The van der Waals surface area contributed by atoms with Crippen LogP contribution in [0.3, 0.4) is 0 Å². The SMILES string of the molecule is COc1ccc(/C=N/OC(=O)c2ccccc2)cc1O. The lowest BCUT2D eigenvalue weighted by molar-refractivity contribution is 0.0519. The molecule has 20 heavy (non-hydrogen) atoms. The molecule has 2 aromatic carbocycles. The van der Waals surface area contributed by atoms with Crippen molar-refractivity contribution >= 4 is 12.2 Å². The average Bonchev–Trinajstić information content (AvgIpc) is 2.48. The summed E-state index contributed by atoms with van der Waals surface area (Å²) in [4.78, 5) is 16.3. The van der Waals surface area contributed by atoms with Gasteiger partial charge in [-0.15, -0.1) is 0 Å². The van der Waals surface area contributed by atoms with Crippen molar-refractivity contribution in [2.45, 2.75) is 0 Å². The standard InChI is InChI=1S/C15H13NO4/c1-19-14-8-7-11(9-13(14)17)10-16-20-15(18)12-5-3-2-4-6-12/h2-10,17H,1H3/b16-10+. The van der Waals surface area contributed by atoms with E-state index in [1.807, 2.05) is 0 Å². The molecule has 0 radical (unpaired) electrons. The zero-order valence-electron chi connectivity index (χ0n) is 10.8. The van der Waals surface area contributed by atoms with Crippen LogP contribution in [0.5, 0.6) is 11.5 Å². The Bertz CT molecular complexity index is 623. The van der Waals surface area contributed by atoms with Gasteiger partial charge in [0, 0.05) is 5.56 Å². The van der Waals surface area contributed by atoms with Gasteiger partial charge in [-0.25, -0.2) is 4.79 Å². The molecule has 0 amide bonds. The third kappa shape index (κ3) is 3.35. The van der Waals surface area contributed by atoms with Crippen LogP contribution < -0.4 is 4.74 Å². The molecule has 0 aliphatic rings. The van der Waals surface area contributed by atoms with Gasteiger partial charge in [0.15, 0.2) is 11.5 Å². The van der Waals surface area contributed by atoms with Crippen molar-refractivity contribution in [3.8, 4) is 11.5 Å². The molecule has 0 saturated heterocycles. The number of hydrogen-bond acceptors (Lipinski definition) is 5. The van der Waals surface area contributed by atoms with Gasteiger partial charge in [-0.3, -0.25) is 0 Å². The third-order valence-corrected chi connectivity index (χ3v) is 2.55. The lowest BCUT2D eigenvalue weighted by Crippen LogP contribution is -2.00. The number of oxime groups is 1. The molecule has 2 aromatic rings. The second-order valence-electron chi connectivity index (χ2n) is 3.91. The molecule has 0 spiro atoms. The summed E-state index contributed by atoms with van der Waals surface area (Å²) in [6, 6.07) is 13.3. The monoisotopic (exact) mass is 271 g/mol. The number of aromatic hydroxyl groups is 1. The number of phenols is 1. The van der Waals surface area contributed by atoms with Crippen molar-refractivity contribution < 1.29 is 19.5 Å². The molecule has 0 bridgehead atoms. The smallest absolute Gasteiger partial charge is 0.365 e. The summed E-state index contributed by atoms with van der Waals surface area (Å²) in [5, 5.41) is 13.2. The number of phenolic OH excluding ortho intramolecular Hbond substituents is 1. The number of carbonyl (C=O) groups is 1. The van der Waals surface area contributed by atoms with Crippen molar-refractivity contribution in [2.24, 2.45) is 5.16 Å². The van der Waals surface area contributed by atoms with E-state index >= 15 is 0 Å². The van der Waals surface area contributed by atoms with E-state index in [2.05, 4.69) is 5.16 Å². The van der Waals surface area contributed by atoms with Crippen LogP contribution in [0.25, 0.3) is 0 Å². The maximum Gasteiger partial charge on any atom is 0.365 e. The number of nitrogens with zero attached hydrogens (tertiary/aromatic N) is 1. The Morgan fingerprint density at radius 3 is 2.60 bits per heavy atom. The predicted molar refractivity (Wildman–Crippen MR) is 74.1 cm³/mol. The van der Waals surface area contributed by atoms with Gasteiger partial charge in [0.2, 0.25) is 0 Å². The molecule has 0 atom stereocenters. The molecule has 5 nitrogen and oxygen atoms in total. The fourth-order valence-corrected chi connectivity index (χ4v) is 1.55. The van der Waals surface area contributed by atoms with Crippen molar-refractivity contribution in [1.29, 1.82) is 0 Å².